The zero-order chi connectivity index (χ0) is 15.2. The molecule has 0 radical (unpaired) electrons. The molecule has 0 fully saturated rings. The fourth-order valence-corrected chi connectivity index (χ4v) is 2.12. The minimum Gasteiger partial charge on any atom is -0.359 e. The van der Waals surface area contributed by atoms with Gasteiger partial charge in [0.15, 0.2) is 5.11 Å². The van der Waals surface area contributed by atoms with Gasteiger partial charge in [0.05, 0.1) is 18.4 Å². The zero-order valence-electron chi connectivity index (χ0n) is 11.1. The first-order valence-corrected chi connectivity index (χ1v) is 7.00. The Labute approximate surface area is 132 Å². The van der Waals surface area contributed by atoms with E-state index in [-0.39, 0.29) is 12.4 Å². The second-order valence-corrected chi connectivity index (χ2v) is 5.07. The number of anilines is 1. The van der Waals surface area contributed by atoms with Gasteiger partial charge < -0.3 is 10.6 Å². The van der Waals surface area contributed by atoms with Gasteiger partial charge in [-0.2, -0.15) is 5.10 Å². The quantitative estimate of drug-likeness (QED) is 0.654. The standard InChI is InChI=1S/C14H14ClFN4S/c1-2-6-17-14(21)19-10-7-18-20(8-10)9-11-12(15)4-3-5-13(11)16/h2-5,7-8H,1,6,9H2,(H2,17,19,21). The Morgan fingerprint density at radius 3 is 3.05 bits per heavy atom. The minimum absolute atomic E-state index is 0.250. The number of hydrogen-bond acceptors (Lipinski definition) is 2. The van der Waals surface area contributed by atoms with Crippen LogP contribution in [0.3, 0.4) is 0 Å². The summed E-state index contributed by atoms with van der Waals surface area (Å²) in [5, 5.41) is 10.9. The van der Waals surface area contributed by atoms with Crippen LogP contribution < -0.4 is 10.6 Å². The summed E-state index contributed by atoms with van der Waals surface area (Å²) in [6, 6.07) is 4.59. The van der Waals surface area contributed by atoms with E-state index in [1.165, 1.54) is 6.07 Å². The number of benzene rings is 1. The van der Waals surface area contributed by atoms with E-state index in [0.29, 0.717) is 27.9 Å². The number of halogens is 2. The van der Waals surface area contributed by atoms with Gasteiger partial charge in [-0.25, -0.2) is 4.39 Å². The fourth-order valence-electron chi connectivity index (χ4n) is 1.70. The second kappa shape index (κ2) is 7.19. The summed E-state index contributed by atoms with van der Waals surface area (Å²) >= 11 is 11.1. The molecule has 0 aliphatic heterocycles. The van der Waals surface area contributed by atoms with Crippen molar-refractivity contribution in [2.45, 2.75) is 6.54 Å². The largest absolute Gasteiger partial charge is 0.359 e. The van der Waals surface area contributed by atoms with Gasteiger partial charge in [0, 0.05) is 23.3 Å². The van der Waals surface area contributed by atoms with E-state index in [0.717, 1.165) is 0 Å². The molecule has 0 saturated heterocycles. The molecule has 0 aliphatic rings. The van der Waals surface area contributed by atoms with E-state index in [1.807, 2.05) is 0 Å². The van der Waals surface area contributed by atoms with Crippen molar-refractivity contribution in [1.29, 1.82) is 0 Å². The van der Waals surface area contributed by atoms with Crippen molar-refractivity contribution in [1.82, 2.24) is 15.1 Å². The fraction of sp³-hybridized carbons (Fsp3) is 0.143. The van der Waals surface area contributed by atoms with Crippen LogP contribution in [0.1, 0.15) is 5.56 Å². The first kappa shape index (κ1) is 15.5. The third-order valence-electron chi connectivity index (χ3n) is 2.68. The van der Waals surface area contributed by atoms with E-state index in [9.17, 15) is 4.39 Å². The molecular weight excluding hydrogens is 311 g/mol. The van der Waals surface area contributed by atoms with Crippen LogP contribution in [-0.2, 0) is 6.54 Å². The maximum atomic E-state index is 13.7. The molecule has 0 saturated carbocycles. The third kappa shape index (κ3) is 4.27. The Morgan fingerprint density at radius 2 is 2.33 bits per heavy atom. The second-order valence-electron chi connectivity index (χ2n) is 4.25. The molecule has 0 spiro atoms. The van der Waals surface area contributed by atoms with Gasteiger partial charge in [-0.15, -0.1) is 6.58 Å². The Morgan fingerprint density at radius 1 is 1.52 bits per heavy atom. The summed E-state index contributed by atoms with van der Waals surface area (Å²) in [5.74, 6) is -0.351. The van der Waals surface area contributed by atoms with Crippen LogP contribution in [0.25, 0.3) is 0 Å². The SMILES string of the molecule is C=CCNC(=S)Nc1cnn(Cc2c(F)cccc2Cl)c1. The average Bonchev–Trinajstić information content (AvgIpc) is 2.88. The highest BCUT2D eigenvalue weighted by atomic mass is 35.5. The highest BCUT2D eigenvalue weighted by molar-refractivity contribution is 7.80. The van der Waals surface area contributed by atoms with Gasteiger partial charge >= 0.3 is 0 Å². The van der Waals surface area contributed by atoms with Gasteiger partial charge in [-0.05, 0) is 24.4 Å². The topological polar surface area (TPSA) is 41.9 Å². The van der Waals surface area contributed by atoms with Crippen molar-refractivity contribution in [2.24, 2.45) is 0 Å². The normalized spacial score (nSPS) is 10.2. The molecule has 2 rings (SSSR count). The molecule has 0 bridgehead atoms. The number of hydrogen-bond donors (Lipinski definition) is 2. The maximum Gasteiger partial charge on any atom is 0.171 e. The van der Waals surface area contributed by atoms with Crippen LogP contribution in [0, 0.1) is 5.82 Å². The highest BCUT2D eigenvalue weighted by Crippen LogP contribution is 2.20. The highest BCUT2D eigenvalue weighted by Gasteiger charge is 2.08. The molecule has 4 nitrogen and oxygen atoms in total. The molecule has 0 unspecified atom stereocenters. The molecule has 2 aromatic rings. The lowest BCUT2D eigenvalue weighted by Crippen LogP contribution is -2.28. The van der Waals surface area contributed by atoms with Crippen LogP contribution in [-0.4, -0.2) is 21.4 Å². The predicted octanol–water partition coefficient (Wildman–Crippen LogP) is 3.20. The zero-order valence-corrected chi connectivity index (χ0v) is 12.7. The predicted molar refractivity (Wildman–Crippen MR) is 87.2 cm³/mol. The molecule has 2 N–H and O–H groups in total. The van der Waals surface area contributed by atoms with Crippen molar-refractivity contribution >= 4 is 34.6 Å². The van der Waals surface area contributed by atoms with Crippen molar-refractivity contribution < 1.29 is 4.39 Å². The van der Waals surface area contributed by atoms with E-state index in [1.54, 1.807) is 35.3 Å². The van der Waals surface area contributed by atoms with Crippen molar-refractivity contribution in [2.75, 3.05) is 11.9 Å². The average molecular weight is 325 g/mol. The number of thiocarbonyl (C=S) groups is 1. The van der Waals surface area contributed by atoms with Crippen molar-refractivity contribution in [3.8, 4) is 0 Å². The molecule has 1 aromatic heterocycles. The molecule has 7 heteroatoms. The number of rotatable bonds is 5. The number of aromatic nitrogens is 2. The molecule has 1 heterocycles. The van der Waals surface area contributed by atoms with Gasteiger partial charge in [-0.3, -0.25) is 4.68 Å². The summed E-state index contributed by atoms with van der Waals surface area (Å²) in [4.78, 5) is 0. The van der Waals surface area contributed by atoms with Gasteiger partial charge in [0.25, 0.3) is 0 Å². The Bertz CT molecular complexity index is 636. The molecule has 0 amide bonds. The van der Waals surface area contributed by atoms with Crippen LogP contribution in [0.15, 0.2) is 43.2 Å². The van der Waals surface area contributed by atoms with Crippen LogP contribution in [0.5, 0.6) is 0 Å². The Balaban J connectivity index is 2.03. The number of nitrogens with zero attached hydrogens (tertiary/aromatic N) is 2. The lowest BCUT2D eigenvalue weighted by Gasteiger charge is -2.07. The smallest absolute Gasteiger partial charge is 0.171 e. The van der Waals surface area contributed by atoms with Crippen molar-refractivity contribution in [3.63, 3.8) is 0 Å². The van der Waals surface area contributed by atoms with Gasteiger partial charge in [0.2, 0.25) is 0 Å². The van der Waals surface area contributed by atoms with Crippen molar-refractivity contribution in [3.05, 3.63) is 59.7 Å². The summed E-state index contributed by atoms with van der Waals surface area (Å²) < 4.78 is 15.3. The van der Waals surface area contributed by atoms with E-state index < -0.39 is 0 Å². The molecule has 1 aromatic carbocycles. The molecule has 21 heavy (non-hydrogen) atoms. The van der Waals surface area contributed by atoms with Crippen LogP contribution >= 0.6 is 23.8 Å². The lowest BCUT2D eigenvalue weighted by molar-refractivity contribution is 0.585. The third-order valence-corrected chi connectivity index (χ3v) is 3.28. The molecule has 0 aliphatic carbocycles. The Kier molecular flexibility index (Phi) is 5.30. The minimum atomic E-state index is -0.351. The molecular formula is C14H14ClFN4S. The first-order valence-electron chi connectivity index (χ1n) is 6.21. The van der Waals surface area contributed by atoms with E-state index >= 15 is 0 Å². The summed E-state index contributed by atoms with van der Waals surface area (Å²) in [5.41, 5.74) is 1.12. The lowest BCUT2D eigenvalue weighted by atomic mass is 10.2. The van der Waals surface area contributed by atoms with Crippen LogP contribution in [0.2, 0.25) is 5.02 Å². The molecule has 110 valence electrons. The maximum absolute atomic E-state index is 13.7. The number of nitrogens with one attached hydrogen (secondary N) is 2. The monoisotopic (exact) mass is 324 g/mol. The van der Waals surface area contributed by atoms with E-state index in [4.69, 9.17) is 23.8 Å². The summed E-state index contributed by atoms with van der Waals surface area (Å²) in [7, 11) is 0. The summed E-state index contributed by atoms with van der Waals surface area (Å²) in [6.07, 6.45) is 5.04. The van der Waals surface area contributed by atoms with Gasteiger partial charge in [0.1, 0.15) is 5.82 Å². The van der Waals surface area contributed by atoms with Crippen LogP contribution in [0.4, 0.5) is 10.1 Å². The molecule has 0 atom stereocenters. The summed E-state index contributed by atoms with van der Waals surface area (Å²) in [6.45, 7) is 4.42. The first-order chi connectivity index (χ1) is 10.1. The van der Waals surface area contributed by atoms with E-state index in [2.05, 4.69) is 22.3 Å². The van der Waals surface area contributed by atoms with Gasteiger partial charge in [-0.1, -0.05) is 23.7 Å². The Hall–Kier alpha value is -1.92.